The lowest BCUT2D eigenvalue weighted by Crippen LogP contribution is -2.88. The van der Waals surface area contributed by atoms with Crippen LogP contribution < -0.4 is 26.6 Å². The van der Waals surface area contributed by atoms with Gasteiger partial charge in [0, 0.05) is 26.1 Å². The van der Waals surface area contributed by atoms with Gasteiger partial charge >= 0.3 is 0 Å². The molecule has 0 aliphatic rings. The van der Waals surface area contributed by atoms with E-state index in [1.165, 1.54) is 0 Å². The molecule has 0 unspecified atom stereocenters. The maximum absolute atomic E-state index is 5.35. The molecular formula is C13H28N5S+. The van der Waals surface area contributed by atoms with Crippen molar-refractivity contribution in [1.82, 2.24) is 21.3 Å². The van der Waals surface area contributed by atoms with Gasteiger partial charge in [-0.3, -0.25) is 0 Å². The van der Waals surface area contributed by atoms with Gasteiger partial charge < -0.3 is 26.6 Å². The van der Waals surface area contributed by atoms with E-state index in [0.29, 0.717) is 5.11 Å². The summed E-state index contributed by atoms with van der Waals surface area (Å²) in [7, 11) is 5.96. The fourth-order valence-corrected chi connectivity index (χ4v) is 2.41. The highest BCUT2D eigenvalue weighted by Crippen LogP contribution is 1.99. The zero-order valence-electron chi connectivity index (χ0n) is 12.3. The van der Waals surface area contributed by atoms with Crippen molar-refractivity contribution < 1.29 is 5.32 Å². The van der Waals surface area contributed by atoms with E-state index < -0.39 is 0 Å². The maximum Gasteiger partial charge on any atom is 0.167 e. The van der Waals surface area contributed by atoms with Gasteiger partial charge in [0.15, 0.2) is 5.11 Å². The molecular weight excluding hydrogens is 258 g/mol. The number of quaternary nitrogens is 1. The molecule has 0 atom stereocenters. The van der Waals surface area contributed by atoms with E-state index in [4.69, 9.17) is 18.6 Å². The molecule has 0 amide bonds. The molecule has 0 bridgehead atoms. The molecule has 0 spiro atoms. The number of likely N-dealkylation sites (N-methyl/N-ethyl adjacent to an activating group) is 3. The second-order valence-corrected chi connectivity index (χ2v) is 5.05. The SMILES string of the molecule is C#CCCCNC(=S)NC(CNC)(CNC)C[NH2+]C. The number of nitrogens with one attached hydrogen (secondary N) is 4. The number of terminal acetylenes is 1. The molecule has 0 fully saturated rings. The summed E-state index contributed by atoms with van der Waals surface area (Å²) in [6.07, 6.45) is 6.93. The van der Waals surface area contributed by atoms with E-state index in [1.54, 1.807) is 0 Å². The molecule has 110 valence electrons. The van der Waals surface area contributed by atoms with Crippen LogP contribution in [0.15, 0.2) is 0 Å². The predicted molar refractivity (Wildman–Crippen MR) is 85.1 cm³/mol. The van der Waals surface area contributed by atoms with Crippen LogP contribution in [0.4, 0.5) is 0 Å². The van der Waals surface area contributed by atoms with Crippen molar-refractivity contribution in [3.8, 4) is 12.3 Å². The Hall–Kier alpha value is -0.870. The summed E-state index contributed by atoms with van der Waals surface area (Å²) >= 11 is 5.35. The van der Waals surface area contributed by atoms with Crippen LogP contribution in [0.25, 0.3) is 0 Å². The van der Waals surface area contributed by atoms with Crippen LogP contribution in [0.3, 0.4) is 0 Å². The first-order valence-electron chi connectivity index (χ1n) is 6.70. The lowest BCUT2D eigenvalue weighted by Gasteiger charge is -2.33. The molecule has 0 aromatic carbocycles. The van der Waals surface area contributed by atoms with Gasteiger partial charge in [0.25, 0.3) is 0 Å². The van der Waals surface area contributed by atoms with Crippen LogP contribution in [-0.4, -0.2) is 58.0 Å². The van der Waals surface area contributed by atoms with Crippen LogP contribution in [0.5, 0.6) is 0 Å². The van der Waals surface area contributed by atoms with Gasteiger partial charge in [0.2, 0.25) is 0 Å². The largest absolute Gasteiger partial charge is 0.363 e. The monoisotopic (exact) mass is 286 g/mol. The first-order chi connectivity index (χ1) is 9.14. The Balaban J connectivity index is 4.35. The summed E-state index contributed by atoms with van der Waals surface area (Å²) in [6.45, 7) is 3.41. The highest BCUT2D eigenvalue weighted by molar-refractivity contribution is 7.80. The number of unbranched alkanes of at least 4 members (excludes halogenated alkanes) is 1. The zero-order valence-corrected chi connectivity index (χ0v) is 13.1. The van der Waals surface area contributed by atoms with Crippen molar-refractivity contribution in [3.05, 3.63) is 0 Å². The topological polar surface area (TPSA) is 64.7 Å². The minimum Gasteiger partial charge on any atom is -0.363 e. The lowest BCUT2D eigenvalue weighted by atomic mass is 9.99. The molecule has 0 aliphatic heterocycles. The van der Waals surface area contributed by atoms with Crippen molar-refractivity contribution in [1.29, 1.82) is 0 Å². The summed E-state index contributed by atoms with van der Waals surface area (Å²) in [5.41, 5.74) is -0.103. The van der Waals surface area contributed by atoms with Crippen molar-refractivity contribution in [2.75, 3.05) is 47.3 Å². The summed E-state index contributed by atoms with van der Waals surface area (Å²) < 4.78 is 0. The molecule has 19 heavy (non-hydrogen) atoms. The third-order valence-corrected chi connectivity index (χ3v) is 3.03. The molecule has 5 nitrogen and oxygen atoms in total. The van der Waals surface area contributed by atoms with Gasteiger partial charge in [0.05, 0.1) is 7.05 Å². The van der Waals surface area contributed by atoms with Crippen molar-refractivity contribution in [2.24, 2.45) is 0 Å². The van der Waals surface area contributed by atoms with Crippen LogP contribution in [0.2, 0.25) is 0 Å². The molecule has 0 aromatic rings. The molecule has 0 radical (unpaired) electrons. The number of hydrogen-bond acceptors (Lipinski definition) is 3. The Bertz CT molecular complexity index is 270. The predicted octanol–water partition coefficient (Wildman–Crippen LogP) is -1.77. The van der Waals surface area contributed by atoms with Gasteiger partial charge in [-0.05, 0) is 32.7 Å². The van der Waals surface area contributed by atoms with E-state index >= 15 is 0 Å². The minimum absolute atomic E-state index is 0.103. The van der Waals surface area contributed by atoms with E-state index in [-0.39, 0.29) is 5.54 Å². The van der Waals surface area contributed by atoms with Gasteiger partial charge in [-0.2, -0.15) is 0 Å². The zero-order chi connectivity index (χ0) is 14.6. The number of rotatable bonds is 10. The maximum atomic E-state index is 5.35. The second kappa shape index (κ2) is 11.0. The van der Waals surface area contributed by atoms with Crippen LogP contribution >= 0.6 is 12.2 Å². The molecule has 0 aromatic heterocycles. The van der Waals surface area contributed by atoms with E-state index in [9.17, 15) is 0 Å². The van der Waals surface area contributed by atoms with Crippen molar-refractivity contribution in [3.63, 3.8) is 0 Å². The molecule has 0 heterocycles. The highest BCUT2D eigenvalue weighted by atomic mass is 32.1. The van der Waals surface area contributed by atoms with Gasteiger partial charge in [-0.15, -0.1) is 12.3 Å². The molecule has 0 saturated carbocycles. The van der Waals surface area contributed by atoms with Crippen LogP contribution in [0.1, 0.15) is 12.8 Å². The van der Waals surface area contributed by atoms with Crippen LogP contribution in [-0.2, 0) is 0 Å². The van der Waals surface area contributed by atoms with Gasteiger partial charge in [-0.1, -0.05) is 0 Å². The molecule has 0 rings (SSSR count). The molecule has 0 aliphatic carbocycles. The lowest BCUT2D eigenvalue weighted by molar-refractivity contribution is -0.633. The smallest absolute Gasteiger partial charge is 0.167 e. The Morgan fingerprint density at radius 2 is 1.95 bits per heavy atom. The Morgan fingerprint density at radius 3 is 2.42 bits per heavy atom. The van der Waals surface area contributed by atoms with E-state index in [2.05, 4.69) is 39.6 Å². The Morgan fingerprint density at radius 1 is 1.32 bits per heavy atom. The van der Waals surface area contributed by atoms with E-state index in [0.717, 1.165) is 39.0 Å². The molecule has 0 saturated heterocycles. The first-order valence-corrected chi connectivity index (χ1v) is 7.11. The van der Waals surface area contributed by atoms with Gasteiger partial charge in [0.1, 0.15) is 12.1 Å². The summed E-state index contributed by atoms with van der Waals surface area (Å²) in [4.78, 5) is 0. The van der Waals surface area contributed by atoms with Gasteiger partial charge in [-0.25, -0.2) is 0 Å². The summed E-state index contributed by atoms with van der Waals surface area (Å²) in [6, 6.07) is 0. The second-order valence-electron chi connectivity index (χ2n) is 4.64. The average Bonchev–Trinajstić information content (AvgIpc) is 2.35. The molecule has 6 heteroatoms. The number of thiocarbonyl (C=S) groups is 1. The normalized spacial score (nSPS) is 10.8. The number of nitrogens with two attached hydrogens (primary N) is 1. The summed E-state index contributed by atoms with van der Waals surface area (Å²) in [5.74, 6) is 2.62. The fourth-order valence-electron chi connectivity index (χ4n) is 2.09. The fraction of sp³-hybridized carbons (Fsp3) is 0.769. The third kappa shape index (κ3) is 8.01. The minimum atomic E-state index is -0.103. The van der Waals surface area contributed by atoms with Crippen molar-refractivity contribution >= 4 is 17.3 Å². The number of hydrogen-bond donors (Lipinski definition) is 5. The highest BCUT2D eigenvalue weighted by Gasteiger charge is 2.31. The van der Waals surface area contributed by atoms with Crippen LogP contribution in [0, 0.1) is 12.3 Å². The van der Waals surface area contributed by atoms with Crippen molar-refractivity contribution in [2.45, 2.75) is 18.4 Å². The standard InChI is InChI=1S/C13H27N5S/c1-5-6-7-8-17-12(19)18-13(9-14-2,10-15-3)11-16-4/h1,14-16H,6-11H2,2-4H3,(H2,17,18,19)/p+1. The third-order valence-electron chi connectivity index (χ3n) is 2.79. The summed E-state index contributed by atoms with van der Waals surface area (Å²) in [5, 5.41) is 15.9. The Kier molecular flexibility index (Phi) is 10.5. The Labute approximate surface area is 122 Å². The quantitative estimate of drug-likeness (QED) is 0.187. The van der Waals surface area contributed by atoms with E-state index in [1.807, 2.05) is 14.1 Å². The average molecular weight is 286 g/mol. The molecule has 6 N–H and O–H groups in total. The first kappa shape index (κ1) is 18.1.